The number of hydrogen-bond donors (Lipinski definition) is 2. The Balaban J connectivity index is 2.00. The molecule has 1 aliphatic rings. The van der Waals surface area contributed by atoms with Gasteiger partial charge in [0.2, 0.25) is 5.91 Å². The minimum atomic E-state index is -0.462. The van der Waals surface area contributed by atoms with Crippen molar-refractivity contribution < 1.29 is 9.59 Å². The molecule has 0 bridgehead atoms. The highest BCUT2D eigenvalue weighted by Gasteiger charge is 2.39. The second-order valence-electron chi connectivity index (χ2n) is 6.04. The topological polar surface area (TPSA) is 61.4 Å². The van der Waals surface area contributed by atoms with Crippen LogP contribution in [0.5, 0.6) is 0 Å². The number of hydrogen-bond acceptors (Lipinski definition) is 3. The Morgan fingerprint density at radius 2 is 1.79 bits per heavy atom. The van der Waals surface area contributed by atoms with Crippen molar-refractivity contribution in [2.75, 3.05) is 17.5 Å². The molecule has 5 nitrogen and oxygen atoms in total. The number of para-hydroxylation sites is 2. The summed E-state index contributed by atoms with van der Waals surface area (Å²) in [6.45, 7) is 3.96. The standard InChI is InChI=1S/C19H21N3O2/c1-12-7-4-5-10-16(12)21-22-18-13(2)8-6-9-14(18)15(19(22)24)11-17(23)20-3/h4-10,15,21H,11H2,1-3H3,(H,20,23). The maximum atomic E-state index is 13.0. The van der Waals surface area contributed by atoms with Crippen LogP contribution in [-0.2, 0) is 9.59 Å². The molecule has 2 N–H and O–H groups in total. The van der Waals surface area contributed by atoms with E-state index in [1.54, 1.807) is 12.1 Å². The molecule has 5 heteroatoms. The zero-order chi connectivity index (χ0) is 17.3. The smallest absolute Gasteiger partial charge is 0.253 e. The Morgan fingerprint density at radius 3 is 2.50 bits per heavy atom. The van der Waals surface area contributed by atoms with Crippen LogP contribution in [0.3, 0.4) is 0 Å². The van der Waals surface area contributed by atoms with Crippen LogP contribution >= 0.6 is 0 Å². The fraction of sp³-hybridized carbons (Fsp3) is 0.263. The highest BCUT2D eigenvalue weighted by Crippen LogP contribution is 2.41. The molecule has 2 aromatic rings. The van der Waals surface area contributed by atoms with Crippen LogP contribution in [0.1, 0.15) is 29.0 Å². The van der Waals surface area contributed by atoms with Crippen LogP contribution in [0.2, 0.25) is 0 Å². The monoisotopic (exact) mass is 323 g/mol. The summed E-state index contributed by atoms with van der Waals surface area (Å²) in [6, 6.07) is 13.6. The Hall–Kier alpha value is -2.82. The quantitative estimate of drug-likeness (QED) is 0.909. The van der Waals surface area contributed by atoms with E-state index < -0.39 is 5.92 Å². The van der Waals surface area contributed by atoms with E-state index in [-0.39, 0.29) is 18.2 Å². The van der Waals surface area contributed by atoms with Crippen LogP contribution < -0.4 is 15.8 Å². The van der Waals surface area contributed by atoms with Gasteiger partial charge in [0, 0.05) is 13.5 Å². The summed E-state index contributed by atoms with van der Waals surface area (Å²) in [5, 5.41) is 4.19. The molecule has 2 aromatic carbocycles. The van der Waals surface area contributed by atoms with Gasteiger partial charge in [-0.05, 0) is 36.6 Å². The van der Waals surface area contributed by atoms with E-state index in [9.17, 15) is 9.59 Å². The number of amides is 2. The second-order valence-corrected chi connectivity index (χ2v) is 6.04. The summed E-state index contributed by atoms with van der Waals surface area (Å²) in [5.41, 5.74) is 7.90. The highest BCUT2D eigenvalue weighted by atomic mass is 16.2. The van der Waals surface area contributed by atoms with E-state index in [4.69, 9.17) is 0 Å². The van der Waals surface area contributed by atoms with Gasteiger partial charge < -0.3 is 5.32 Å². The number of carbonyl (C=O) groups is 2. The zero-order valence-corrected chi connectivity index (χ0v) is 14.1. The van der Waals surface area contributed by atoms with Crippen LogP contribution in [-0.4, -0.2) is 18.9 Å². The first kappa shape index (κ1) is 16.1. The number of nitrogens with one attached hydrogen (secondary N) is 2. The maximum Gasteiger partial charge on any atom is 0.253 e. The molecule has 0 saturated carbocycles. The Labute approximate surface area is 141 Å². The number of fused-ring (bicyclic) bond motifs is 1. The summed E-state index contributed by atoms with van der Waals surface area (Å²) < 4.78 is 0. The average Bonchev–Trinajstić information content (AvgIpc) is 2.83. The van der Waals surface area contributed by atoms with Crippen LogP contribution in [0, 0.1) is 13.8 Å². The van der Waals surface area contributed by atoms with E-state index in [0.717, 1.165) is 28.1 Å². The van der Waals surface area contributed by atoms with Crippen molar-refractivity contribution in [3.63, 3.8) is 0 Å². The largest absolute Gasteiger partial charge is 0.359 e. The summed E-state index contributed by atoms with van der Waals surface area (Å²) in [4.78, 5) is 24.8. The van der Waals surface area contributed by atoms with Gasteiger partial charge in [-0.1, -0.05) is 36.4 Å². The van der Waals surface area contributed by atoms with Crippen molar-refractivity contribution in [1.82, 2.24) is 5.32 Å². The fourth-order valence-electron chi connectivity index (χ4n) is 3.08. The first-order valence-corrected chi connectivity index (χ1v) is 7.99. The molecule has 24 heavy (non-hydrogen) atoms. The number of nitrogens with zero attached hydrogens (tertiary/aromatic N) is 1. The van der Waals surface area contributed by atoms with Crippen LogP contribution in [0.15, 0.2) is 42.5 Å². The minimum Gasteiger partial charge on any atom is -0.359 e. The number of benzene rings is 2. The van der Waals surface area contributed by atoms with Gasteiger partial charge in [-0.15, -0.1) is 0 Å². The number of carbonyl (C=O) groups excluding carboxylic acids is 2. The van der Waals surface area contributed by atoms with Crippen LogP contribution in [0.25, 0.3) is 0 Å². The molecule has 3 rings (SSSR count). The first-order valence-electron chi connectivity index (χ1n) is 7.99. The molecule has 124 valence electrons. The van der Waals surface area contributed by atoms with Gasteiger partial charge in [-0.2, -0.15) is 0 Å². The molecule has 0 aromatic heterocycles. The third-order valence-electron chi connectivity index (χ3n) is 4.43. The van der Waals surface area contributed by atoms with Gasteiger partial charge in [-0.3, -0.25) is 15.0 Å². The summed E-state index contributed by atoms with van der Waals surface area (Å²) in [6.07, 6.45) is 0.151. The maximum absolute atomic E-state index is 13.0. The molecule has 0 aliphatic carbocycles. The van der Waals surface area contributed by atoms with Crippen molar-refractivity contribution >= 4 is 23.2 Å². The highest BCUT2D eigenvalue weighted by molar-refractivity contribution is 6.08. The number of rotatable bonds is 4. The molecule has 0 saturated heterocycles. The van der Waals surface area contributed by atoms with E-state index in [1.807, 2.05) is 56.3 Å². The Kier molecular flexibility index (Phi) is 4.25. The van der Waals surface area contributed by atoms with Crippen molar-refractivity contribution in [2.24, 2.45) is 0 Å². The average molecular weight is 323 g/mol. The van der Waals surface area contributed by atoms with Gasteiger partial charge in [0.1, 0.15) is 0 Å². The fourth-order valence-corrected chi connectivity index (χ4v) is 3.08. The third kappa shape index (κ3) is 2.73. The SMILES string of the molecule is CNC(=O)CC1C(=O)N(Nc2ccccc2C)c2c(C)cccc21. The number of hydrazine groups is 1. The van der Waals surface area contributed by atoms with E-state index in [2.05, 4.69) is 10.7 Å². The summed E-state index contributed by atoms with van der Waals surface area (Å²) >= 11 is 0. The van der Waals surface area contributed by atoms with Gasteiger partial charge in [0.05, 0.1) is 17.3 Å². The lowest BCUT2D eigenvalue weighted by Gasteiger charge is -2.22. The normalized spacial score (nSPS) is 16.0. The molecule has 0 fully saturated rings. The van der Waals surface area contributed by atoms with E-state index in [0.29, 0.717) is 0 Å². The molecular weight excluding hydrogens is 302 g/mol. The molecule has 0 radical (unpaired) electrons. The zero-order valence-electron chi connectivity index (χ0n) is 14.1. The number of aryl methyl sites for hydroxylation is 2. The lowest BCUT2D eigenvalue weighted by Crippen LogP contribution is -2.36. The van der Waals surface area contributed by atoms with E-state index >= 15 is 0 Å². The molecular formula is C19H21N3O2. The summed E-state index contributed by atoms with van der Waals surface area (Å²) in [7, 11) is 1.59. The Bertz CT molecular complexity index is 801. The molecule has 1 heterocycles. The van der Waals surface area contributed by atoms with Crippen molar-refractivity contribution in [3.8, 4) is 0 Å². The molecule has 0 spiro atoms. The van der Waals surface area contributed by atoms with Crippen molar-refractivity contribution in [3.05, 3.63) is 59.2 Å². The summed E-state index contributed by atoms with van der Waals surface area (Å²) in [5.74, 6) is -0.707. The lowest BCUT2D eigenvalue weighted by atomic mass is 9.95. The van der Waals surface area contributed by atoms with Crippen molar-refractivity contribution in [1.29, 1.82) is 0 Å². The second kappa shape index (κ2) is 6.35. The number of anilines is 2. The van der Waals surface area contributed by atoms with Gasteiger partial charge in [-0.25, -0.2) is 5.01 Å². The Morgan fingerprint density at radius 1 is 1.08 bits per heavy atom. The molecule has 1 atom stereocenters. The van der Waals surface area contributed by atoms with Crippen molar-refractivity contribution in [2.45, 2.75) is 26.2 Å². The lowest BCUT2D eigenvalue weighted by molar-refractivity contribution is -0.125. The minimum absolute atomic E-state index is 0.105. The van der Waals surface area contributed by atoms with Gasteiger partial charge in [0.25, 0.3) is 5.91 Å². The first-order chi connectivity index (χ1) is 11.5. The van der Waals surface area contributed by atoms with E-state index in [1.165, 1.54) is 0 Å². The molecule has 1 unspecified atom stereocenters. The molecule has 2 amide bonds. The molecule has 1 aliphatic heterocycles. The van der Waals surface area contributed by atoms with Gasteiger partial charge >= 0.3 is 0 Å². The third-order valence-corrected chi connectivity index (χ3v) is 4.43. The van der Waals surface area contributed by atoms with Gasteiger partial charge in [0.15, 0.2) is 0 Å². The predicted molar refractivity (Wildman–Crippen MR) is 94.9 cm³/mol. The predicted octanol–water partition coefficient (Wildman–Crippen LogP) is 2.90. The van der Waals surface area contributed by atoms with Crippen LogP contribution in [0.4, 0.5) is 11.4 Å².